The van der Waals surface area contributed by atoms with Crippen LogP contribution in [0.2, 0.25) is 0 Å². The summed E-state index contributed by atoms with van der Waals surface area (Å²) in [5, 5.41) is 24.5. The van der Waals surface area contributed by atoms with Gasteiger partial charge < -0.3 is 25.4 Å². The molecule has 1 saturated heterocycles. The summed E-state index contributed by atoms with van der Waals surface area (Å²) in [7, 11) is -9.74. The number of halogens is 3. The van der Waals surface area contributed by atoms with Crippen LogP contribution in [0.15, 0.2) is 62.5 Å². The quantitative estimate of drug-likeness (QED) is 0.0591. The maximum atomic E-state index is 14.6. The number of nitrogens with one attached hydrogen (secondary N) is 2. The van der Waals surface area contributed by atoms with Gasteiger partial charge in [-0.15, -0.1) is 10.2 Å². The maximum absolute atomic E-state index is 14.6. The summed E-state index contributed by atoms with van der Waals surface area (Å²) in [6.45, 7) is 2.78. The van der Waals surface area contributed by atoms with Crippen molar-refractivity contribution >= 4 is 71.5 Å². The summed E-state index contributed by atoms with van der Waals surface area (Å²) in [5.41, 5.74) is -0.841. The Kier molecular flexibility index (Phi) is 9.39. The molecule has 6 rings (SSSR count). The molecule has 23 heteroatoms. The maximum Gasteiger partial charge on any atom is 0.315 e. The van der Waals surface area contributed by atoms with Crippen LogP contribution in [0, 0.1) is 25.0 Å². The van der Waals surface area contributed by atoms with Crippen molar-refractivity contribution in [3.05, 3.63) is 66.1 Å². The number of azo groups is 1. The summed E-state index contributed by atoms with van der Waals surface area (Å²) in [5.74, 6) is -2.64. The van der Waals surface area contributed by atoms with E-state index in [-0.39, 0.29) is 46.6 Å². The lowest BCUT2D eigenvalue weighted by Crippen LogP contribution is -2.37. The highest BCUT2D eigenvalue weighted by Gasteiger charge is 2.23. The van der Waals surface area contributed by atoms with Gasteiger partial charge in [-0.3, -0.25) is 9.11 Å². The predicted molar refractivity (Wildman–Crippen MR) is 174 cm³/mol. The van der Waals surface area contributed by atoms with Crippen molar-refractivity contribution < 1.29 is 50.4 Å². The van der Waals surface area contributed by atoms with Crippen LogP contribution in [-0.2, 0) is 25.0 Å². The predicted octanol–water partition coefficient (Wildman–Crippen LogP) is 4.72. The molecule has 3 aromatic carbocycles. The van der Waals surface area contributed by atoms with Gasteiger partial charge in [-0.1, -0.05) is 0 Å². The number of hydrogen-bond acceptors (Lipinski definition) is 16. The number of aryl methyl sites for hydroxylation is 1. The van der Waals surface area contributed by atoms with Crippen LogP contribution in [-0.4, -0.2) is 82.3 Å². The molecule has 3 heterocycles. The second-order valence-electron chi connectivity index (χ2n) is 10.7. The first-order valence-corrected chi connectivity index (χ1v) is 17.2. The van der Waals surface area contributed by atoms with E-state index >= 15 is 0 Å². The lowest BCUT2D eigenvalue weighted by atomic mass is 10.0. The van der Waals surface area contributed by atoms with Crippen molar-refractivity contribution in [1.82, 2.24) is 24.9 Å². The summed E-state index contributed by atoms with van der Waals surface area (Å²) in [6, 6.07) is 7.18. The zero-order valence-electron chi connectivity index (χ0n) is 25.8. The number of benzene rings is 3. The molecule has 0 saturated carbocycles. The first-order chi connectivity index (χ1) is 24.0. The fraction of sp³-hybridized carbons (Fsp3) is 0.179. The topological polar surface area (TPSA) is 255 Å². The number of morpholine rings is 1. The molecular weight excluding hydrogens is 725 g/mol. The summed E-state index contributed by atoms with van der Waals surface area (Å²) >= 11 is 0. The number of phenols is 1. The number of hydrogen-bond donors (Lipinski definition) is 5. The van der Waals surface area contributed by atoms with Crippen molar-refractivity contribution in [2.45, 2.75) is 16.7 Å². The van der Waals surface area contributed by atoms with E-state index in [4.69, 9.17) is 4.74 Å². The van der Waals surface area contributed by atoms with E-state index < -0.39 is 65.5 Å². The van der Waals surface area contributed by atoms with E-state index in [0.29, 0.717) is 26.3 Å². The van der Waals surface area contributed by atoms with Crippen LogP contribution >= 0.6 is 0 Å². The van der Waals surface area contributed by atoms with Gasteiger partial charge in [0.1, 0.15) is 22.1 Å². The minimum Gasteiger partial charge on any atom is -0.505 e. The highest BCUT2D eigenvalue weighted by molar-refractivity contribution is 7.86. The van der Waals surface area contributed by atoms with Gasteiger partial charge >= 0.3 is 12.2 Å². The van der Waals surface area contributed by atoms with E-state index in [2.05, 4.69) is 45.8 Å². The molecule has 0 atom stereocenters. The minimum atomic E-state index is -4.91. The minimum absolute atomic E-state index is 0. The van der Waals surface area contributed by atoms with Gasteiger partial charge in [0.15, 0.2) is 5.75 Å². The molecule has 1 aliphatic heterocycles. The third-order valence-electron chi connectivity index (χ3n) is 7.22. The second-order valence-corrected chi connectivity index (χ2v) is 13.5. The zero-order valence-corrected chi connectivity index (χ0v) is 27.4. The van der Waals surface area contributed by atoms with Gasteiger partial charge in [-0.2, -0.15) is 54.9 Å². The highest BCUT2D eigenvalue weighted by Crippen LogP contribution is 2.44. The first kappa shape index (κ1) is 35.2. The van der Waals surface area contributed by atoms with Gasteiger partial charge in [0.25, 0.3) is 20.2 Å². The Bertz CT molecular complexity index is 2440. The highest BCUT2D eigenvalue weighted by atomic mass is 32.2. The van der Waals surface area contributed by atoms with Crippen LogP contribution in [0.5, 0.6) is 5.75 Å². The zero-order chi connectivity index (χ0) is 36.7. The molecule has 2 aromatic heterocycles. The third kappa shape index (κ3) is 7.91. The van der Waals surface area contributed by atoms with E-state index in [1.807, 2.05) is 0 Å². The van der Waals surface area contributed by atoms with Crippen LogP contribution in [0.4, 0.5) is 53.6 Å². The van der Waals surface area contributed by atoms with Gasteiger partial charge in [0, 0.05) is 31.7 Å². The average molecular weight is 752 g/mol. The summed E-state index contributed by atoms with van der Waals surface area (Å²) < 4.78 is 115. The molecule has 0 unspecified atom stereocenters. The number of ether oxygens (including phenoxy) is 1. The van der Waals surface area contributed by atoms with Gasteiger partial charge in [-0.05, 0) is 54.3 Å². The molecular formula is C28H25F3N10O8S2. The lowest BCUT2D eigenvalue weighted by Gasteiger charge is -2.26. The number of fused-ring (bicyclic) bond motifs is 1. The number of aromatic nitrogens is 5. The van der Waals surface area contributed by atoms with E-state index in [1.54, 1.807) is 4.90 Å². The average Bonchev–Trinajstić information content (AvgIpc) is 3.03. The molecule has 51 heavy (non-hydrogen) atoms. The number of aromatic hydroxyl groups is 1. The van der Waals surface area contributed by atoms with Gasteiger partial charge in [0.05, 0.1) is 23.8 Å². The van der Waals surface area contributed by atoms with Crippen LogP contribution in [0.3, 0.4) is 0 Å². The number of phenolic OH excluding ortho intramolecular Hbond substituents is 1. The van der Waals surface area contributed by atoms with E-state index in [0.717, 1.165) is 36.4 Å². The fourth-order valence-electron chi connectivity index (χ4n) is 5.01. The molecule has 0 bridgehead atoms. The van der Waals surface area contributed by atoms with Gasteiger partial charge in [-0.25, -0.2) is 0 Å². The fourth-order valence-corrected chi connectivity index (χ4v) is 6.16. The summed E-state index contributed by atoms with van der Waals surface area (Å²) in [6.07, 6.45) is -2.56. The third-order valence-corrected chi connectivity index (χ3v) is 8.95. The molecule has 1 fully saturated rings. The Hall–Kier alpha value is -5.62. The molecule has 0 amide bonds. The molecule has 0 aliphatic carbocycles. The molecule has 5 N–H and O–H groups in total. The van der Waals surface area contributed by atoms with Crippen LogP contribution in [0.1, 0.15) is 6.99 Å². The largest absolute Gasteiger partial charge is 0.505 e. The molecule has 0 spiro atoms. The Morgan fingerprint density at radius 1 is 0.863 bits per heavy atom. The van der Waals surface area contributed by atoms with Crippen molar-refractivity contribution in [1.29, 1.82) is 0 Å². The van der Waals surface area contributed by atoms with Crippen molar-refractivity contribution in [3.8, 4) is 5.75 Å². The van der Waals surface area contributed by atoms with Crippen molar-refractivity contribution in [2.75, 3.05) is 41.8 Å². The molecule has 0 radical (unpaired) electrons. The monoisotopic (exact) mass is 751 g/mol. The van der Waals surface area contributed by atoms with Crippen molar-refractivity contribution in [3.63, 3.8) is 0 Å². The Morgan fingerprint density at radius 3 is 2.27 bits per heavy atom. The Morgan fingerprint density at radius 2 is 1.59 bits per heavy atom. The molecule has 5 aromatic rings. The SMILES string of the molecule is Cc1cc2cc(S(=O)(=O)O)cc(Nc3nc(F)nc(N4CCOCC4)n3)c2c(O)c1N=Nc1cc(Nc2cc(F)nc(F)n2)ccc1S(=O)(=O)O.[2HH]. The Balaban J connectivity index is 0.00000523. The first-order valence-electron chi connectivity index (χ1n) is 14.3. The van der Waals surface area contributed by atoms with Crippen LogP contribution < -0.4 is 15.5 Å². The lowest BCUT2D eigenvalue weighted by molar-refractivity contribution is 0.122. The number of rotatable bonds is 9. The molecule has 1 aliphatic rings. The summed E-state index contributed by atoms with van der Waals surface area (Å²) in [4.78, 5) is 18.1. The molecule has 18 nitrogen and oxygen atoms in total. The molecule has 268 valence electrons. The normalized spacial score (nSPS) is 14.0. The number of nitrogens with zero attached hydrogens (tertiary/aromatic N) is 8. The van der Waals surface area contributed by atoms with E-state index in [9.17, 15) is 44.2 Å². The smallest absolute Gasteiger partial charge is 0.315 e. The Labute approximate surface area is 287 Å². The second kappa shape index (κ2) is 13.6. The standard InChI is InChI=1S/C28H23F3N10O8S2.H2/c1-13-8-14-9-16(50(43,44)45)11-18(33-27-36-26(31)37-28(38-27)41-4-6-49-7-5-41)22(14)24(42)23(13)40-39-17-10-15(2-3-19(17)51(46,47)48)32-21-12-20(29)34-25(30)35-21;/h2-3,8-12,42H,4-7H2,1H3,(H,32,34,35)(H,43,44,45)(H,46,47,48)(H,33,36,37,38);1H/i;1+1. The van der Waals surface area contributed by atoms with Crippen LogP contribution in [0.25, 0.3) is 10.8 Å². The number of anilines is 5. The van der Waals surface area contributed by atoms with Crippen molar-refractivity contribution in [2.24, 2.45) is 10.2 Å². The van der Waals surface area contributed by atoms with Gasteiger partial charge in [0.2, 0.25) is 17.8 Å². The van der Waals surface area contributed by atoms with E-state index in [1.165, 1.54) is 13.0 Å².